The zero-order valence-electron chi connectivity index (χ0n) is 17.0. The Hall–Kier alpha value is -1.68. The molecule has 0 spiro atoms. The zero-order valence-corrected chi connectivity index (χ0v) is 19.4. The molecule has 3 rings (SSSR count). The number of anilines is 1. The predicted molar refractivity (Wildman–Crippen MR) is 120 cm³/mol. The van der Waals surface area contributed by atoms with Crippen LogP contribution in [0.15, 0.2) is 40.5 Å². The first kappa shape index (κ1) is 23.0. The Morgan fingerprint density at radius 1 is 1.27 bits per heavy atom. The molecule has 1 N–H and O–H groups in total. The van der Waals surface area contributed by atoms with Gasteiger partial charge in [0.15, 0.2) is 10.9 Å². The van der Waals surface area contributed by atoms with Crippen LogP contribution in [0.3, 0.4) is 0 Å². The highest BCUT2D eigenvalue weighted by atomic mass is 35.5. The number of rotatable bonds is 7. The van der Waals surface area contributed by atoms with Crippen molar-refractivity contribution in [3.8, 4) is 0 Å². The van der Waals surface area contributed by atoms with Gasteiger partial charge in [0.05, 0.1) is 16.1 Å². The van der Waals surface area contributed by atoms with Crippen LogP contribution in [0.4, 0.5) is 5.69 Å². The van der Waals surface area contributed by atoms with Crippen LogP contribution in [-0.4, -0.2) is 46.9 Å². The molecule has 1 atom stereocenters. The molecule has 2 aromatic rings. The predicted octanol–water partition coefficient (Wildman–Crippen LogP) is 4.45. The molecule has 1 aromatic carbocycles. The molecule has 30 heavy (non-hydrogen) atoms. The van der Waals surface area contributed by atoms with Gasteiger partial charge in [0.25, 0.3) is 5.91 Å². The molecule has 1 aromatic heterocycles. The van der Waals surface area contributed by atoms with E-state index in [-0.39, 0.29) is 21.7 Å². The lowest BCUT2D eigenvalue weighted by Crippen LogP contribution is -2.43. The average Bonchev–Trinajstić information content (AvgIpc) is 2.75. The number of benzene rings is 1. The van der Waals surface area contributed by atoms with Crippen LogP contribution in [0.25, 0.3) is 0 Å². The number of halogens is 1. The minimum absolute atomic E-state index is 0.0400. The van der Waals surface area contributed by atoms with E-state index < -0.39 is 15.9 Å². The van der Waals surface area contributed by atoms with Crippen molar-refractivity contribution >= 4 is 45.0 Å². The highest BCUT2D eigenvalue weighted by Crippen LogP contribution is 2.28. The molecule has 1 amide bonds. The normalized spacial score (nSPS) is 17.6. The van der Waals surface area contributed by atoms with Crippen molar-refractivity contribution in [2.24, 2.45) is 0 Å². The highest BCUT2D eigenvalue weighted by molar-refractivity contribution is 7.99. The maximum absolute atomic E-state index is 13.1. The van der Waals surface area contributed by atoms with Gasteiger partial charge in [-0.05, 0) is 49.3 Å². The lowest BCUT2D eigenvalue weighted by Gasteiger charge is -2.34. The van der Waals surface area contributed by atoms with Gasteiger partial charge in [-0.25, -0.2) is 18.4 Å². The van der Waals surface area contributed by atoms with Gasteiger partial charge in [0.1, 0.15) is 0 Å². The molecule has 10 heteroatoms. The summed E-state index contributed by atoms with van der Waals surface area (Å²) in [7, 11) is -3.56. The number of amides is 1. The lowest BCUT2D eigenvalue weighted by molar-refractivity contribution is 0.102. The number of nitrogens with one attached hydrogen (secondary N) is 1. The lowest BCUT2D eigenvalue weighted by atomic mass is 10.0. The molecule has 0 saturated carbocycles. The summed E-state index contributed by atoms with van der Waals surface area (Å²) in [6, 6.07) is 6.23. The van der Waals surface area contributed by atoms with E-state index in [2.05, 4.69) is 15.3 Å². The number of aromatic nitrogens is 2. The van der Waals surface area contributed by atoms with Crippen molar-refractivity contribution in [3.63, 3.8) is 0 Å². The fourth-order valence-corrected chi connectivity index (χ4v) is 5.93. The summed E-state index contributed by atoms with van der Waals surface area (Å²) >= 11 is 7.49. The van der Waals surface area contributed by atoms with Crippen LogP contribution in [0.5, 0.6) is 0 Å². The standard InChI is InChI=1S/C20H25ClN4O3S2/c1-3-15-7-5-6-12-25(15)30(27,28)16-10-8-14(9-11-16)23-19(26)18-17(21)13-22-20(24-18)29-4-2/h8-11,13,15H,3-7,12H2,1-2H3,(H,23,26)/t15-/m1/s1. The van der Waals surface area contributed by atoms with Crippen LogP contribution < -0.4 is 5.32 Å². The number of thioether (sulfide) groups is 1. The van der Waals surface area contributed by atoms with Crippen molar-refractivity contribution in [1.82, 2.24) is 14.3 Å². The van der Waals surface area contributed by atoms with Crippen molar-refractivity contribution in [3.05, 3.63) is 41.2 Å². The first-order valence-corrected chi connectivity index (χ1v) is 12.8. The largest absolute Gasteiger partial charge is 0.321 e. The number of nitrogens with zero attached hydrogens (tertiary/aromatic N) is 3. The van der Waals surface area contributed by atoms with Gasteiger partial charge in [-0.3, -0.25) is 4.79 Å². The van der Waals surface area contributed by atoms with Crippen LogP contribution in [0.1, 0.15) is 50.0 Å². The van der Waals surface area contributed by atoms with Gasteiger partial charge >= 0.3 is 0 Å². The molecule has 1 saturated heterocycles. The van der Waals surface area contributed by atoms with E-state index in [4.69, 9.17) is 11.6 Å². The highest BCUT2D eigenvalue weighted by Gasteiger charge is 2.32. The Kier molecular flexibility index (Phi) is 7.73. The van der Waals surface area contributed by atoms with E-state index in [1.165, 1.54) is 30.1 Å². The molecule has 1 aliphatic heterocycles. The van der Waals surface area contributed by atoms with Crippen LogP contribution >= 0.6 is 23.4 Å². The molecule has 0 aliphatic carbocycles. The summed E-state index contributed by atoms with van der Waals surface area (Å²) in [4.78, 5) is 21.1. The summed E-state index contributed by atoms with van der Waals surface area (Å²) in [5.74, 6) is 0.298. The zero-order chi connectivity index (χ0) is 21.7. The summed E-state index contributed by atoms with van der Waals surface area (Å²) in [5.41, 5.74) is 0.544. The molecule has 7 nitrogen and oxygen atoms in total. The second kappa shape index (κ2) is 10.1. The molecular formula is C20H25ClN4O3S2. The monoisotopic (exact) mass is 468 g/mol. The molecule has 2 heterocycles. The van der Waals surface area contributed by atoms with E-state index in [9.17, 15) is 13.2 Å². The molecular weight excluding hydrogens is 444 g/mol. The van der Waals surface area contributed by atoms with Crippen molar-refractivity contribution < 1.29 is 13.2 Å². The molecule has 1 aliphatic rings. The minimum Gasteiger partial charge on any atom is -0.321 e. The number of hydrogen-bond acceptors (Lipinski definition) is 6. The van der Waals surface area contributed by atoms with Crippen molar-refractivity contribution in [2.75, 3.05) is 17.6 Å². The number of carbonyl (C=O) groups is 1. The minimum atomic E-state index is -3.56. The first-order valence-electron chi connectivity index (χ1n) is 9.95. The van der Waals surface area contributed by atoms with Gasteiger partial charge in [-0.2, -0.15) is 4.31 Å². The molecule has 0 radical (unpaired) electrons. The fourth-order valence-electron chi connectivity index (χ4n) is 3.44. The molecule has 0 unspecified atom stereocenters. The van der Waals surface area contributed by atoms with E-state index in [0.29, 0.717) is 17.4 Å². The number of piperidine rings is 1. The topological polar surface area (TPSA) is 92.3 Å². The van der Waals surface area contributed by atoms with Gasteiger partial charge in [-0.15, -0.1) is 0 Å². The molecule has 1 fully saturated rings. The Balaban J connectivity index is 1.76. The SMILES string of the molecule is CCSc1ncc(Cl)c(C(=O)Nc2ccc(S(=O)(=O)N3CCCC[C@H]3CC)cc2)n1. The van der Waals surface area contributed by atoms with Gasteiger partial charge in [-0.1, -0.05) is 43.6 Å². The molecule has 162 valence electrons. The second-order valence-corrected chi connectivity index (χ2v) is 10.5. The Bertz CT molecular complexity index is 1000. The molecule has 0 bridgehead atoms. The van der Waals surface area contributed by atoms with Crippen molar-refractivity contribution in [2.45, 2.75) is 55.6 Å². The van der Waals surface area contributed by atoms with Crippen LogP contribution in [0.2, 0.25) is 5.02 Å². The summed E-state index contributed by atoms with van der Waals surface area (Å²) in [6.45, 7) is 4.52. The summed E-state index contributed by atoms with van der Waals surface area (Å²) in [5, 5.41) is 3.34. The fraction of sp³-hybridized carbons (Fsp3) is 0.450. The Morgan fingerprint density at radius 3 is 2.67 bits per heavy atom. The maximum atomic E-state index is 13.1. The van der Waals surface area contributed by atoms with E-state index in [0.717, 1.165) is 31.4 Å². The van der Waals surface area contributed by atoms with Crippen LogP contribution in [-0.2, 0) is 10.0 Å². The summed E-state index contributed by atoms with van der Waals surface area (Å²) < 4.78 is 27.7. The third kappa shape index (κ3) is 5.14. The number of sulfonamides is 1. The Labute approximate surface area is 186 Å². The van der Waals surface area contributed by atoms with E-state index >= 15 is 0 Å². The smallest absolute Gasteiger partial charge is 0.275 e. The van der Waals surface area contributed by atoms with Crippen LogP contribution in [0, 0.1) is 0 Å². The Morgan fingerprint density at radius 2 is 2.00 bits per heavy atom. The van der Waals surface area contributed by atoms with Gasteiger partial charge < -0.3 is 5.32 Å². The third-order valence-corrected chi connectivity index (χ3v) is 7.96. The van der Waals surface area contributed by atoms with Gasteiger partial charge in [0.2, 0.25) is 10.0 Å². The second-order valence-electron chi connectivity index (χ2n) is 6.93. The quantitative estimate of drug-likeness (QED) is 0.476. The van der Waals surface area contributed by atoms with E-state index in [1.807, 2.05) is 13.8 Å². The number of hydrogen-bond donors (Lipinski definition) is 1. The summed E-state index contributed by atoms with van der Waals surface area (Å²) in [6.07, 6.45) is 5.02. The van der Waals surface area contributed by atoms with E-state index in [1.54, 1.807) is 16.4 Å². The number of carbonyl (C=O) groups excluding carboxylic acids is 1. The average molecular weight is 469 g/mol. The van der Waals surface area contributed by atoms with Crippen molar-refractivity contribution in [1.29, 1.82) is 0 Å². The third-order valence-electron chi connectivity index (χ3n) is 4.97. The van der Waals surface area contributed by atoms with Gasteiger partial charge in [0, 0.05) is 18.3 Å². The maximum Gasteiger partial charge on any atom is 0.275 e. The first-order chi connectivity index (χ1) is 14.4.